The molecular weight excluding hydrogens is 231 g/mol. The Morgan fingerprint density at radius 2 is 2.00 bits per heavy atom. The van der Waals surface area contributed by atoms with E-state index in [4.69, 9.17) is 0 Å². The molecule has 0 aliphatic carbocycles. The number of hydrogen-bond donors (Lipinski definition) is 0. The molecule has 0 amide bonds. The smallest absolute Gasteiger partial charge is 1.00 e. The molecule has 0 atom stereocenters. The van der Waals surface area contributed by atoms with E-state index >= 15 is 0 Å². The first-order valence-corrected chi connectivity index (χ1v) is 3.36. The monoisotopic (exact) mass is 240 g/mol. The van der Waals surface area contributed by atoms with Gasteiger partial charge in [-0.15, -0.1) is 0 Å². The molecule has 0 saturated carbocycles. The SMILES string of the molecule is [Br-].[CH2-]CCc1cccc(F)c1.[Mg+2]. The van der Waals surface area contributed by atoms with Gasteiger partial charge in [0.15, 0.2) is 0 Å². The van der Waals surface area contributed by atoms with E-state index in [9.17, 15) is 4.39 Å². The van der Waals surface area contributed by atoms with Gasteiger partial charge in [-0.3, -0.25) is 0 Å². The Balaban J connectivity index is 0. The normalized spacial score (nSPS) is 8.17. The molecule has 0 spiro atoms. The average Bonchev–Trinajstić information content (AvgIpc) is 1.88. The maximum atomic E-state index is 12.5. The zero-order valence-corrected chi connectivity index (χ0v) is 9.89. The van der Waals surface area contributed by atoms with Crippen LogP contribution in [0.3, 0.4) is 0 Å². The molecule has 12 heavy (non-hydrogen) atoms. The molecular formula is C9H10BrFMg. The topological polar surface area (TPSA) is 0 Å². The molecule has 0 N–H and O–H groups in total. The van der Waals surface area contributed by atoms with Crippen LogP contribution in [-0.4, -0.2) is 23.1 Å². The second kappa shape index (κ2) is 8.02. The Morgan fingerprint density at radius 1 is 1.33 bits per heavy atom. The average molecular weight is 241 g/mol. The molecule has 3 heteroatoms. The molecule has 1 aromatic carbocycles. The van der Waals surface area contributed by atoms with Crippen LogP contribution in [0.1, 0.15) is 12.0 Å². The Morgan fingerprint density at radius 3 is 2.50 bits per heavy atom. The van der Waals surface area contributed by atoms with Crippen LogP contribution in [0.4, 0.5) is 4.39 Å². The molecule has 0 aliphatic rings. The minimum Gasteiger partial charge on any atom is -1.00 e. The summed E-state index contributed by atoms with van der Waals surface area (Å²) in [6.07, 6.45) is 1.68. The van der Waals surface area contributed by atoms with Gasteiger partial charge < -0.3 is 23.9 Å². The fourth-order valence-corrected chi connectivity index (χ4v) is 0.897. The summed E-state index contributed by atoms with van der Waals surface area (Å²) in [6, 6.07) is 6.63. The molecule has 0 fully saturated rings. The van der Waals surface area contributed by atoms with Crippen molar-refractivity contribution in [1.82, 2.24) is 0 Å². The zero-order valence-electron chi connectivity index (χ0n) is 6.89. The summed E-state index contributed by atoms with van der Waals surface area (Å²) in [6.45, 7) is 3.69. The Kier molecular flexibility index (Phi) is 9.95. The first-order valence-electron chi connectivity index (χ1n) is 3.36. The molecule has 0 nitrogen and oxygen atoms in total. The Labute approximate surface area is 99.5 Å². The van der Waals surface area contributed by atoms with Crippen LogP contribution in [0.25, 0.3) is 0 Å². The number of hydrogen-bond acceptors (Lipinski definition) is 0. The van der Waals surface area contributed by atoms with Crippen molar-refractivity contribution >= 4 is 23.1 Å². The van der Waals surface area contributed by atoms with Crippen molar-refractivity contribution in [3.05, 3.63) is 42.6 Å². The van der Waals surface area contributed by atoms with E-state index in [1.165, 1.54) is 6.07 Å². The largest absolute Gasteiger partial charge is 2.00 e. The Hall–Kier alpha value is 0.396. The van der Waals surface area contributed by atoms with E-state index < -0.39 is 0 Å². The van der Waals surface area contributed by atoms with Gasteiger partial charge in [0.1, 0.15) is 5.82 Å². The van der Waals surface area contributed by atoms with Crippen LogP contribution in [0, 0.1) is 12.7 Å². The van der Waals surface area contributed by atoms with Gasteiger partial charge in [-0.05, 0) is 17.7 Å². The third-order valence-electron chi connectivity index (χ3n) is 1.35. The van der Waals surface area contributed by atoms with Crippen molar-refractivity contribution in [2.75, 3.05) is 0 Å². The van der Waals surface area contributed by atoms with E-state index in [1.54, 1.807) is 12.1 Å². The molecule has 0 aliphatic heterocycles. The van der Waals surface area contributed by atoms with Crippen LogP contribution in [-0.2, 0) is 6.42 Å². The number of rotatable bonds is 2. The minimum absolute atomic E-state index is 0. The maximum Gasteiger partial charge on any atom is 2.00 e. The van der Waals surface area contributed by atoms with Crippen LogP contribution in [0.2, 0.25) is 0 Å². The van der Waals surface area contributed by atoms with Crippen LogP contribution < -0.4 is 17.0 Å². The predicted octanol–water partition coefficient (Wildman–Crippen LogP) is -0.784. The van der Waals surface area contributed by atoms with Gasteiger partial charge in [0, 0.05) is 0 Å². The summed E-state index contributed by atoms with van der Waals surface area (Å²) in [5, 5.41) is 0. The van der Waals surface area contributed by atoms with Crippen LogP contribution in [0.5, 0.6) is 0 Å². The van der Waals surface area contributed by atoms with Gasteiger partial charge in [-0.25, -0.2) is 4.39 Å². The molecule has 1 aromatic rings. The molecule has 1 rings (SSSR count). The summed E-state index contributed by atoms with van der Waals surface area (Å²) >= 11 is 0. The van der Waals surface area contributed by atoms with Gasteiger partial charge in [-0.1, -0.05) is 18.6 Å². The summed E-state index contributed by atoms with van der Waals surface area (Å²) < 4.78 is 12.5. The van der Waals surface area contributed by atoms with E-state index in [0.717, 1.165) is 18.4 Å². The first kappa shape index (κ1) is 14.9. The summed E-state index contributed by atoms with van der Waals surface area (Å²) in [7, 11) is 0. The summed E-state index contributed by atoms with van der Waals surface area (Å²) in [5.41, 5.74) is 1.02. The van der Waals surface area contributed by atoms with Crippen molar-refractivity contribution in [1.29, 1.82) is 0 Å². The number of benzene rings is 1. The zero-order chi connectivity index (χ0) is 7.40. The molecule has 0 bridgehead atoms. The molecule has 0 saturated heterocycles. The second-order valence-electron chi connectivity index (χ2n) is 2.23. The maximum absolute atomic E-state index is 12.5. The fourth-order valence-electron chi connectivity index (χ4n) is 0.897. The standard InChI is InChI=1S/C9H10F.BrH.Mg/c1-2-4-8-5-3-6-9(10)7-8;;/h3,5-7H,1-2,4H2;1H;/q-1;;+2/p-1. The second-order valence-corrected chi connectivity index (χ2v) is 2.23. The van der Waals surface area contributed by atoms with Gasteiger partial charge in [-0.2, -0.15) is 6.42 Å². The molecule has 0 radical (unpaired) electrons. The molecule has 0 aromatic heterocycles. The van der Waals surface area contributed by atoms with E-state index in [0.29, 0.717) is 0 Å². The van der Waals surface area contributed by atoms with Crippen molar-refractivity contribution in [3.8, 4) is 0 Å². The molecule has 0 unspecified atom stereocenters. The Bertz CT molecular complexity index is 215. The van der Waals surface area contributed by atoms with Crippen molar-refractivity contribution in [3.63, 3.8) is 0 Å². The fraction of sp³-hybridized carbons (Fsp3) is 0.222. The third-order valence-corrected chi connectivity index (χ3v) is 1.35. The van der Waals surface area contributed by atoms with Gasteiger partial charge in [0.05, 0.1) is 0 Å². The number of halogens is 2. The van der Waals surface area contributed by atoms with Crippen LogP contribution in [0.15, 0.2) is 24.3 Å². The number of aryl methyl sites for hydroxylation is 1. The summed E-state index contributed by atoms with van der Waals surface area (Å²) in [5.74, 6) is -0.161. The van der Waals surface area contributed by atoms with Gasteiger partial charge in [0.2, 0.25) is 0 Å². The van der Waals surface area contributed by atoms with E-state index in [1.807, 2.05) is 6.07 Å². The van der Waals surface area contributed by atoms with Gasteiger partial charge >= 0.3 is 23.1 Å². The van der Waals surface area contributed by atoms with Gasteiger partial charge in [0.25, 0.3) is 0 Å². The summed E-state index contributed by atoms with van der Waals surface area (Å²) in [4.78, 5) is 0. The van der Waals surface area contributed by atoms with Crippen molar-refractivity contribution in [2.24, 2.45) is 0 Å². The van der Waals surface area contributed by atoms with Crippen LogP contribution >= 0.6 is 0 Å². The molecule has 62 valence electrons. The van der Waals surface area contributed by atoms with Crippen molar-refractivity contribution in [2.45, 2.75) is 12.8 Å². The molecule has 0 heterocycles. The first-order chi connectivity index (χ1) is 4.83. The quantitative estimate of drug-likeness (QED) is 0.470. The van der Waals surface area contributed by atoms with Crippen molar-refractivity contribution < 1.29 is 21.4 Å². The third kappa shape index (κ3) is 5.11. The minimum atomic E-state index is -0.161. The van der Waals surface area contributed by atoms with E-state index in [2.05, 4.69) is 6.92 Å². The predicted molar refractivity (Wildman–Crippen MR) is 45.8 cm³/mol. The van der Waals surface area contributed by atoms with E-state index in [-0.39, 0.29) is 45.9 Å².